The van der Waals surface area contributed by atoms with Gasteiger partial charge < -0.3 is 14.8 Å². The van der Waals surface area contributed by atoms with Gasteiger partial charge in [-0.3, -0.25) is 4.79 Å². The van der Waals surface area contributed by atoms with E-state index in [-0.39, 0.29) is 27.1 Å². The first-order valence-electron chi connectivity index (χ1n) is 9.16. The summed E-state index contributed by atoms with van der Waals surface area (Å²) < 4.78 is 38.7. The summed E-state index contributed by atoms with van der Waals surface area (Å²) in [7, 11) is -0.970. The van der Waals surface area contributed by atoms with Gasteiger partial charge in [-0.2, -0.15) is 4.72 Å². The van der Waals surface area contributed by atoms with E-state index in [0.717, 1.165) is 16.9 Å². The highest BCUT2D eigenvalue weighted by Gasteiger charge is 2.28. The summed E-state index contributed by atoms with van der Waals surface area (Å²) in [5.41, 5.74) is 1.02. The number of amides is 1. The number of methoxy groups -OCH3 is 2. The molecule has 0 saturated heterocycles. The monoisotopic (exact) mass is 480 g/mol. The Bertz CT molecular complexity index is 1140. The number of ether oxygens (including phenoxy) is 2. The van der Waals surface area contributed by atoms with Gasteiger partial charge in [-0.1, -0.05) is 48.0 Å². The van der Waals surface area contributed by atoms with Gasteiger partial charge in [0.15, 0.2) is 0 Å². The van der Waals surface area contributed by atoms with Crippen molar-refractivity contribution in [1.82, 2.24) is 4.72 Å². The Morgan fingerprint density at radius 2 is 1.84 bits per heavy atom. The number of carbonyl (C=O) groups is 1. The quantitative estimate of drug-likeness (QED) is 0.483. The average Bonchev–Trinajstić information content (AvgIpc) is 3.31. The van der Waals surface area contributed by atoms with E-state index < -0.39 is 22.0 Å². The first-order valence-corrected chi connectivity index (χ1v) is 11.9. The maximum Gasteiger partial charge on any atom is 0.250 e. The zero-order valence-corrected chi connectivity index (χ0v) is 19.2. The number of hydrogen-bond acceptors (Lipinski definition) is 6. The van der Waals surface area contributed by atoms with Crippen LogP contribution in [0.4, 0.5) is 5.69 Å². The fourth-order valence-electron chi connectivity index (χ4n) is 2.87. The highest BCUT2D eigenvalue weighted by molar-refractivity contribution is 7.91. The number of benzene rings is 2. The van der Waals surface area contributed by atoms with Gasteiger partial charge in [0.2, 0.25) is 5.91 Å². The molecule has 2 aromatic carbocycles. The molecule has 0 aliphatic rings. The van der Waals surface area contributed by atoms with Crippen molar-refractivity contribution in [3.8, 4) is 11.5 Å². The van der Waals surface area contributed by atoms with Crippen LogP contribution in [-0.4, -0.2) is 34.6 Å². The third-order valence-electron chi connectivity index (χ3n) is 4.39. The maximum absolute atomic E-state index is 13.2. The Morgan fingerprint density at radius 3 is 2.45 bits per heavy atom. The lowest BCUT2D eigenvalue weighted by atomic mass is 10.1. The molecular weight excluding hydrogens is 460 g/mol. The normalized spacial score (nSPS) is 12.2. The molecule has 1 aromatic heterocycles. The van der Waals surface area contributed by atoms with Gasteiger partial charge in [0, 0.05) is 12.1 Å². The zero-order valence-electron chi connectivity index (χ0n) is 16.8. The summed E-state index contributed by atoms with van der Waals surface area (Å²) in [4.78, 5) is 13.2. The van der Waals surface area contributed by atoms with Crippen LogP contribution in [0.1, 0.15) is 5.56 Å². The number of rotatable bonds is 9. The van der Waals surface area contributed by atoms with Crippen molar-refractivity contribution in [3.63, 3.8) is 0 Å². The highest BCUT2D eigenvalue weighted by Crippen LogP contribution is 2.37. The fraction of sp³-hybridized carbons (Fsp3) is 0.190. The van der Waals surface area contributed by atoms with Crippen molar-refractivity contribution < 1.29 is 22.7 Å². The highest BCUT2D eigenvalue weighted by atomic mass is 35.5. The largest absolute Gasteiger partial charge is 0.497 e. The molecule has 2 N–H and O–H groups in total. The number of halogens is 1. The zero-order chi connectivity index (χ0) is 22.4. The molecule has 1 heterocycles. The fourth-order valence-corrected chi connectivity index (χ4v) is 5.32. The van der Waals surface area contributed by atoms with E-state index in [1.165, 1.54) is 26.4 Å². The molecule has 0 fully saturated rings. The van der Waals surface area contributed by atoms with Crippen LogP contribution in [-0.2, 0) is 21.2 Å². The average molecular weight is 481 g/mol. The Morgan fingerprint density at radius 1 is 1.10 bits per heavy atom. The van der Waals surface area contributed by atoms with Crippen molar-refractivity contribution in [1.29, 1.82) is 0 Å². The van der Waals surface area contributed by atoms with E-state index in [9.17, 15) is 13.2 Å². The molecule has 3 aromatic rings. The second-order valence-corrected chi connectivity index (χ2v) is 9.77. The van der Waals surface area contributed by atoms with Gasteiger partial charge in [-0.25, -0.2) is 8.42 Å². The second-order valence-electron chi connectivity index (χ2n) is 6.47. The van der Waals surface area contributed by atoms with Crippen LogP contribution in [0.3, 0.4) is 0 Å². The molecule has 7 nitrogen and oxygen atoms in total. The van der Waals surface area contributed by atoms with E-state index in [2.05, 4.69) is 10.0 Å². The Labute approximate surface area is 190 Å². The minimum Gasteiger partial charge on any atom is -0.497 e. The second kappa shape index (κ2) is 10.1. The van der Waals surface area contributed by atoms with Crippen molar-refractivity contribution >= 4 is 44.6 Å². The van der Waals surface area contributed by atoms with Crippen LogP contribution in [0.25, 0.3) is 0 Å². The number of sulfonamides is 1. The first-order chi connectivity index (χ1) is 14.8. The summed E-state index contributed by atoms with van der Waals surface area (Å²) in [6.07, 6.45) is 0.146. The molecule has 0 unspecified atom stereocenters. The number of anilines is 1. The van der Waals surface area contributed by atoms with E-state index in [1.807, 2.05) is 30.3 Å². The van der Waals surface area contributed by atoms with Crippen LogP contribution in [0.15, 0.2) is 64.2 Å². The summed E-state index contributed by atoms with van der Waals surface area (Å²) in [6.45, 7) is 0. The topological polar surface area (TPSA) is 93.7 Å². The smallest absolute Gasteiger partial charge is 0.250 e. The van der Waals surface area contributed by atoms with Gasteiger partial charge in [0.1, 0.15) is 27.4 Å². The van der Waals surface area contributed by atoms with Gasteiger partial charge >= 0.3 is 0 Å². The molecule has 0 aliphatic heterocycles. The van der Waals surface area contributed by atoms with E-state index >= 15 is 0 Å². The third kappa shape index (κ3) is 5.76. The predicted molar refractivity (Wildman–Crippen MR) is 122 cm³/mol. The van der Waals surface area contributed by atoms with Crippen LogP contribution < -0.4 is 19.5 Å². The van der Waals surface area contributed by atoms with Gasteiger partial charge in [-0.15, -0.1) is 11.3 Å². The van der Waals surface area contributed by atoms with Crippen molar-refractivity contribution in [2.24, 2.45) is 0 Å². The Hall–Kier alpha value is -2.59. The number of hydrogen-bond donors (Lipinski definition) is 2. The van der Waals surface area contributed by atoms with Crippen molar-refractivity contribution in [2.75, 3.05) is 19.5 Å². The molecular formula is C21H21ClN2O5S2. The molecule has 1 atom stereocenters. The molecule has 0 spiro atoms. The molecule has 0 aliphatic carbocycles. The summed E-state index contributed by atoms with van der Waals surface area (Å²) in [6, 6.07) is 14.3. The van der Waals surface area contributed by atoms with Gasteiger partial charge in [0.25, 0.3) is 10.0 Å². The van der Waals surface area contributed by atoms with E-state index in [4.69, 9.17) is 21.1 Å². The summed E-state index contributed by atoms with van der Waals surface area (Å²) in [5.74, 6) is 0.172. The lowest BCUT2D eigenvalue weighted by molar-refractivity contribution is -0.117. The van der Waals surface area contributed by atoms with Crippen molar-refractivity contribution in [3.05, 3.63) is 70.6 Å². The number of carbonyl (C=O) groups excluding carboxylic acids is 1. The van der Waals surface area contributed by atoms with Crippen LogP contribution >= 0.6 is 22.9 Å². The molecule has 0 radical (unpaired) electrons. The molecule has 164 valence electrons. The van der Waals surface area contributed by atoms with E-state index in [1.54, 1.807) is 17.5 Å². The summed E-state index contributed by atoms with van der Waals surface area (Å²) >= 11 is 7.37. The number of nitrogens with one attached hydrogen (secondary N) is 2. The van der Waals surface area contributed by atoms with Crippen LogP contribution in [0, 0.1) is 0 Å². The SMILES string of the molecule is COc1cc(Cl)c(NC(=O)[C@@H](Cc2ccccc2)NS(=O)(=O)c2cccs2)c(OC)c1. The molecule has 31 heavy (non-hydrogen) atoms. The molecule has 0 saturated carbocycles. The Balaban J connectivity index is 1.91. The molecule has 1 amide bonds. The van der Waals surface area contributed by atoms with Gasteiger partial charge in [-0.05, 0) is 23.4 Å². The molecule has 3 rings (SSSR count). The standard InChI is InChI=1S/C21H21ClN2O5S2/c1-28-15-12-16(22)20(18(13-15)29-2)23-21(25)17(11-14-7-4-3-5-8-14)24-31(26,27)19-9-6-10-30-19/h3-10,12-13,17,24H,11H2,1-2H3,(H,23,25)/t17-/m1/s1. The molecule has 10 heteroatoms. The summed E-state index contributed by atoms with van der Waals surface area (Å²) in [5, 5.41) is 4.55. The lowest BCUT2D eigenvalue weighted by Gasteiger charge is -2.20. The van der Waals surface area contributed by atoms with E-state index in [0.29, 0.717) is 5.75 Å². The van der Waals surface area contributed by atoms with Crippen LogP contribution in [0.5, 0.6) is 11.5 Å². The minimum atomic E-state index is -3.89. The lowest BCUT2D eigenvalue weighted by Crippen LogP contribution is -2.45. The first kappa shape index (κ1) is 23.1. The molecule has 0 bridgehead atoms. The Kier molecular flexibility index (Phi) is 7.55. The van der Waals surface area contributed by atoms with Crippen LogP contribution in [0.2, 0.25) is 5.02 Å². The van der Waals surface area contributed by atoms with Crippen molar-refractivity contribution in [2.45, 2.75) is 16.7 Å². The predicted octanol–water partition coefficient (Wildman–Crippen LogP) is 3.95. The number of thiophene rings is 1. The van der Waals surface area contributed by atoms with Gasteiger partial charge in [0.05, 0.1) is 19.2 Å². The minimum absolute atomic E-state index is 0.124. The maximum atomic E-state index is 13.2. The third-order valence-corrected chi connectivity index (χ3v) is 7.56.